The number of nitrogens with one attached hydrogen (secondary N) is 1. The van der Waals surface area contributed by atoms with Gasteiger partial charge in [-0.25, -0.2) is 13.2 Å². The Morgan fingerprint density at radius 3 is 2.87 bits per heavy atom. The molecule has 0 amide bonds. The number of nitrogens with zero attached hydrogens (tertiary/aromatic N) is 1. The van der Waals surface area contributed by atoms with E-state index in [4.69, 9.17) is 4.42 Å². The van der Waals surface area contributed by atoms with E-state index in [-0.39, 0.29) is 0 Å². The lowest BCUT2D eigenvalue weighted by molar-refractivity contribution is 0.511. The van der Waals surface area contributed by atoms with Crippen molar-refractivity contribution >= 4 is 15.7 Å². The zero-order valence-electron chi connectivity index (χ0n) is 8.73. The van der Waals surface area contributed by atoms with Gasteiger partial charge in [0.2, 0.25) is 10.0 Å². The van der Waals surface area contributed by atoms with Crippen LogP contribution in [0.3, 0.4) is 0 Å². The molecule has 0 aliphatic carbocycles. The highest BCUT2D eigenvalue weighted by Gasteiger charge is 2.00. The summed E-state index contributed by atoms with van der Waals surface area (Å²) >= 11 is 0. The molecule has 0 aliphatic heterocycles. The molecule has 0 radical (unpaired) electrons. The van der Waals surface area contributed by atoms with Gasteiger partial charge in [0, 0.05) is 12.1 Å². The lowest BCUT2D eigenvalue weighted by Crippen LogP contribution is -2.17. The Morgan fingerprint density at radius 2 is 2.33 bits per heavy atom. The maximum Gasteiger partial charge on any atom is 0.244 e. The summed E-state index contributed by atoms with van der Waals surface area (Å²) in [7, 11) is -3.25. The van der Waals surface area contributed by atoms with Crippen LogP contribution in [-0.4, -0.2) is 20.4 Å². The van der Waals surface area contributed by atoms with Crippen LogP contribution in [0.4, 0.5) is 0 Å². The summed E-state index contributed by atoms with van der Waals surface area (Å²) in [5.41, 5.74) is 0.719. The summed E-state index contributed by atoms with van der Waals surface area (Å²) < 4.78 is 26.6. The third kappa shape index (κ3) is 5.21. The highest BCUT2D eigenvalue weighted by atomic mass is 32.2. The second-order valence-electron chi connectivity index (χ2n) is 3.29. The number of hydrazone groups is 1. The van der Waals surface area contributed by atoms with Crippen molar-refractivity contribution in [2.45, 2.75) is 19.8 Å². The Balaban J connectivity index is 2.39. The topological polar surface area (TPSA) is 71.7 Å². The van der Waals surface area contributed by atoms with Crippen molar-refractivity contribution in [1.82, 2.24) is 4.83 Å². The first-order chi connectivity index (χ1) is 6.97. The second-order valence-corrected chi connectivity index (χ2v) is 5.02. The molecule has 1 aromatic heterocycles. The van der Waals surface area contributed by atoms with Crippen LogP contribution in [0.5, 0.6) is 0 Å². The summed E-state index contributed by atoms with van der Waals surface area (Å²) in [4.78, 5) is 2.08. The molecular formula is C9H14N2O3S. The van der Waals surface area contributed by atoms with Gasteiger partial charge in [0.1, 0.15) is 5.76 Å². The summed E-state index contributed by atoms with van der Waals surface area (Å²) in [6, 6.07) is 3.69. The van der Waals surface area contributed by atoms with Gasteiger partial charge in [-0.3, -0.25) is 0 Å². The molecule has 1 rings (SSSR count). The summed E-state index contributed by atoms with van der Waals surface area (Å²) in [5.74, 6) is 0.865. The molecule has 0 fully saturated rings. The van der Waals surface area contributed by atoms with E-state index < -0.39 is 10.0 Å². The van der Waals surface area contributed by atoms with E-state index in [1.165, 1.54) is 0 Å². The summed E-state index contributed by atoms with van der Waals surface area (Å²) in [6.07, 6.45) is 4.05. The smallest absolute Gasteiger partial charge is 0.244 e. The van der Waals surface area contributed by atoms with Gasteiger partial charge in [0.25, 0.3) is 0 Å². The summed E-state index contributed by atoms with van der Waals surface area (Å²) in [5, 5.41) is 3.73. The predicted octanol–water partition coefficient (Wildman–Crippen LogP) is 1.14. The second kappa shape index (κ2) is 4.97. The fourth-order valence-corrected chi connectivity index (χ4v) is 1.30. The molecule has 0 saturated carbocycles. The molecule has 0 unspecified atom stereocenters. The Hall–Kier alpha value is -1.30. The van der Waals surface area contributed by atoms with Gasteiger partial charge in [-0.15, -0.1) is 0 Å². The van der Waals surface area contributed by atoms with E-state index in [0.717, 1.165) is 17.7 Å². The molecule has 6 heteroatoms. The third-order valence-electron chi connectivity index (χ3n) is 1.72. The van der Waals surface area contributed by atoms with E-state index in [1.807, 2.05) is 12.1 Å². The third-order valence-corrected chi connectivity index (χ3v) is 2.14. The van der Waals surface area contributed by atoms with Crippen molar-refractivity contribution in [2.24, 2.45) is 5.10 Å². The van der Waals surface area contributed by atoms with Crippen LogP contribution in [0.2, 0.25) is 0 Å². The van der Waals surface area contributed by atoms with Crippen LogP contribution in [-0.2, 0) is 16.4 Å². The number of sulfonamides is 1. The largest absolute Gasteiger partial charge is 0.469 e. The van der Waals surface area contributed by atoms with Crippen molar-refractivity contribution in [1.29, 1.82) is 0 Å². The first kappa shape index (κ1) is 11.8. The molecule has 0 saturated heterocycles. The maximum atomic E-state index is 10.7. The van der Waals surface area contributed by atoms with Crippen molar-refractivity contribution in [2.75, 3.05) is 6.26 Å². The molecule has 84 valence electrons. The van der Waals surface area contributed by atoms with E-state index in [1.54, 1.807) is 13.2 Å². The first-order valence-corrected chi connectivity index (χ1v) is 6.39. The van der Waals surface area contributed by atoms with Gasteiger partial charge in [-0.1, -0.05) is 0 Å². The summed E-state index contributed by atoms with van der Waals surface area (Å²) in [6.45, 7) is 1.76. The fraction of sp³-hybridized carbons (Fsp3) is 0.444. The number of aryl methyl sites for hydroxylation is 1. The molecule has 0 spiro atoms. The minimum Gasteiger partial charge on any atom is -0.469 e. The van der Waals surface area contributed by atoms with Gasteiger partial charge < -0.3 is 4.42 Å². The highest BCUT2D eigenvalue weighted by molar-refractivity contribution is 7.88. The van der Waals surface area contributed by atoms with Crippen LogP contribution in [0.15, 0.2) is 27.9 Å². The lowest BCUT2D eigenvalue weighted by atomic mass is 10.2. The van der Waals surface area contributed by atoms with E-state index >= 15 is 0 Å². The molecule has 1 N–H and O–H groups in total. The van der Waals surface area contributed by atoms with E-state index in [0.29, 0.717) is 12.8 Å². The number of rotatable bonds is 5. The van der Waals surface area contributed by atoms with Crippen LogP contribution < -0.4 is 4.83 Å². The molecule has 0 aliphatic rings. The Bertz CT molecular complexity index is 420. The Morgan fingerprint density at radius 1 is 1.60 bits per heavy atom. The van der Waals surface area contributed by atoms with Crippen LogP contribution in [0, 0.1) is 0 Å². The Labute approximate surface area is 89.2 Å². The zero-order chi connectivity index (χ0) is 11.3. The van der Waals surface area contributed by atoms with E-state index in [9.17, 15) is 8.42 Å². The number of hydrogen-bond donors (Lipinski definition) is 1. The molecule has 1 aromatic rings. The van der Waals surface area contributed by atoms with Crippen molar-refractivity contribution in [3.8, 4) is 0 Å². The first-order valence-electron chi connectivity index (χ1n) is 4.50. The van der Waals surface area contributed by atoms with Gasteiger partial charge >= 0.3 is 0 Å². The molecule has 0 atom stereocenters. The van der Waals surface area contributed by atoms with Gasteiger partial charge in [0.15, 0.2) is 0 Å². The van der Waals surface area contributed by atoms with Crippen molar-refractivity contribution in [3.05, 3.63) is 24.2 Å². The SMILES string of the molecule is C/C(CCc1ccco1)=N\NS(C)(=O)=O. The van der Waals surface area contributed by atoms with Gasteiger partial charge in [0.05, 0.1) is 12.5 Å². The fourth-order valence-electron chi connectivity index (χ4n) is 0.976. The standard InChI is InChI=1S/C9H14N2O3S/c1-8(10-11-15(2,12)13)5-6-9-4-3-7-14-9/h3-4,7,11H,5-6H2,1-2H3/b10-8+. The molecule has 0 bridgehead atoms. The maximum absolute atomic E-state index is 10.7. The van der Waals surface area contributed by atoms with Gasteiger partial charge in [-0.05, 0) is 25.5 Å². The monoisotopic (exact) mass is 230 g/mol. The Kier molecular flexibility index (Phi) is 3.90. The predicted molar refractivity (Wildman–Crippen MR) is 58.1 cm³/mol. The van der Waals surface area contributed by atoms with Gasteiger partial charge in [-0.2, -0.15) is 5.10 Å². The molecule has 15 heavy (non-hydrogen) atoms. The van der Waals surface area contributed by atoms with E-state index in [2.05, 4.69) is 9.93 Å². The average molecular weight is 230 g/mol. The van der Waals surface area contributed by atoms with Crippen molar-refractivity contribution in [3.63, 3.8) is 0 Å². The highest BCUT2D eigenvalue weighted by Crippen LogP contribution is 2.04. The normalized spacial score (nSPS) is 12.8. The average Bonchev–Trinajstić information content (AvgIpc) is 2.62. The van der Waals surface area contributed by atoms with Crippen LogP contribution >= 0.6 is 0 Å². The zero-order valence-corrected chi connectivity index (χ0v) is 9.54. The minimum atomic E-state index is -3.25. The number of furan rings is 1. The molecule has 0 aromatic carbocycles. The molecule has 5 nitrogen and oxygen atoms in total. The van der Waals surface area contributed by atoms with Crippen LogP contribution in [0.1, 0.15) is 19.1 Å². The van der Waals surface area contributed by atoms with Crippen LogP contribution in [0.25, 0.3) is 0 Å². The quantitative estimate of drug-likeness (QED) is 0.609. The molecule has 1 heterocycles. The van der Waals surface area contributed by atoms with Crippen molar-refractivity contribution < 1.29 is 12.8 Å². The lowest BCUT2D eigenvalue weighted by Gasteiger charge is -1.99. The molecular weight excluding hydrogens is 216 g/mol. The number of hydrogen-bond acceptors (Lipinski definition) is 4. The minimum absolute atomic E-state index is 0.663.